The van der Waals surface area contributed by atoms with E-state index in [0.29, 0.717) is 5.02 Å². The maximum Gasteiger partial charge on any atom is 0.142 e. The van der Waals surface area contributed by atoms with Crippen LogP contribution in [0.2, 0.25) is 5.02 Å². The molecule has 118 valence electrons. The number of rotatable bonds is 4. The van der Waals surface area contributed by atoms with Crippen LogP contribution in [0.1, 0.15) is 5.56 Å². The van der Waals surface area contributed by atoms with E-state index in [9.17, 15) is 0 Å². The molecule has 1 heterocycles. The number of fused-ring (bicyclic) bond motifs is 1. The van der Waals surface area contributed by atoms with E-state index in [1.165, 1.54) is 0 Å². The van der Waals surface area contributed by atoms with Gasteiger partial charge in [0.2, 0.25) is 0 Å². The van der Waals surface area contributed by atoms with Gasteiger partial charge in [0.25, 0.3) is 0 Å². The first kappa shape index (κ1) is 15.4. The lowest BCUT2D eigenvalue weighted by Gasteiger charge is -2.15. The minimum atomic E-state index is 0.709. The molecular formula is C18H17ClN2O2. The molecule has 5 heteroatoms. The fourth-order valence-corrected chi connectivity index (χ4v) is 2.65. The highest BCUT2D eigenvalue weighted by molar-refractivity contribution is 6.32. The summed E-state index contributed by atoms with van der Waals surface area (Å²) in [6.45, 7) is 1.97. The number of methoxy groups -OCH3 is 2. The SMILES string of the molecule is COc1ccc(OC)c(Nc2ccnc3c(C)c(Cl)ccc23)c1. The van der Waals surface area contributed by atoms with Crippen LogP contribution in [0.15, 0.2) is 42.6 Å². The largest absolute Gasteiger partial charge is 0.497 e. The van der Waals surface area contributed by atoms with E-state index in [4.69, 9.17) is 21.1 Å². The average Bonchev–Trinajstić information content (AvgIpc) is 2.58. The molecule has 1 N–H and O–H groups in total. The van der Waals surface area contributed by atoms with Crippen LogP contribution in [0, 0.1) is 6.92 Å². The van der Waals surface area contributed by atoms with E-state index < -0.39 is 0 Å². The predicted octanol–water partition coefficient (Wildman–Crippen LogP) is 4.96. The molecule has 23 heavy (non-hydrogen) atoms. The summed E-state index contributed by atoms with van der Waals surface area (Å²) in [4.78, 5) is 4.44. The van der Waals surface area contributed by atoms with Gasteiger partial charge in [-0.05, 0) is 42.8 Å². The molecule has 0 saturated carbocycles. The molecule has 0 saturated heterocycles. The monoisotopic (exact) mass is 328 g/mol. The van der Waals surface area contributed by atoms with Gasteiger partial charge in [0.15, 0.2) is 0 Å². The topological polar surface area (TPSA) is 43.4 Å². The van der Waals surface area contributed by atoms with Crippen molar-refractivity contribution in [1.29, 1.82) is 0 Å². The standard InChI is InChI=1S/C18H17ClN2O2/c1-11-14(19)6-5-13-15(8-9-20-18(11)13)21-16-10-12(22-2)4-7-17(16)23-3/h4-10H,1-3H3,(H,20,21). The number of benzene rings is 2. The zero-order chi connectivity index (χ0) is 16.4. The van der Waals surface area contributed by atoms with Gasteiger partial charge in [-0.25, -0.2) is 0 Å². The summed E-state index contributed by atoms with van der Waals surface area (Å²) in [7, 11) is 3.28. The molecule has 2 aromatic carbocycles. The van der Waals surface area contributed by atoms with Gasteiger partial charge < -0.3 is 14.8 Å². The summed E-state index contributed by atoms with van der Waals surface area (Å²) >= 11 is 6.19. The zero-order valence-electron chi connectivity index (χ0n) is 13.2. The quantitative estimate of drug-likeness (QED) is 0.735. The van der Waals surface area contributed by atoms with Crippen molar-refractivity contribution in [1.82, 2.24) is 4.98 Å². The molecule has 0 amide bonds. The van der Waals surface area contributed by atoms with Gasteiger partial charge >= 0.3 is 0 Å². The van der Waals surface area contributed by atoms with E-state index in [0.717, 1.165) is 39.3 Å². The number of aryl methyl sites for hydroxylation is 1. The fraction of sp³-hybridized carbons (Fsp3) is 0.167. The van der Waals surface area contributed by atoms with Crippen molar-refractivity contribution in [2.75, 3.05) is 19.5 Å². The molecule has 0 spiro atoms. The van der Waals surface area contributed by atoms with Crippen LogP contribution in [0.25, 0.3) is 10.9 Å². The van der Waals surface area contributed by atoms with Crippen LogP contribution in [0.3, 0.4) is 0 Å². The highest BCUT2D eigenvalue weighted by Gasteiger charge is 2.10. The number of anilines is 2. The first-order valence-corrected chi connectivity index (χ1v) is 7.54. The Bertz CT molecular complexity index is 865. The fourth-order valence-electron chi connectivity index (χ4n) is 2.50. The van der Waals surface area contributed by atoms with Gasteiger partial charge in [0, 0.05) is 28.4 Å². The van der Waals surface area contributed by atoms with E-state index >= 15 is 0 Å². The molecule has 3 aromatic rings. The molecule has 0 radical (unpaired) electrons. The van der Waals surface area contributed by atoms with Crippen LogP contribution in [0.4, 0.5) is 11.4 Å². The summed E-state index contributed by atoms with van der Waals surface area (Å²) in [6, 6.07) is 11.4. The Morgan fingerprint density at radius 3 is 2.57 bits per heavy atom. The molecule has 0 unspecified atom stereocenters. The van der Waals surface area contributed by atoms with Gasteiger partial charge in [0.1, 0.15) is 11.5 Å². The first-order valence-electron chi connectivity index (χ1n) is 7.17. The number of hydrogen-bond acceptors (Lipinski definition) is 4. The number of pyridine rings is 1. The second-order valence-electron chi connectivity index (χ2n) is 5.12. The van der Waals surface area contributed by atoms with Crippen molar-refractivity contribution in [3.05, 3.63) is 53.2 Å². The number of nitrogens with zero attached hydrogens (tertiary/aromatic N) is 1. The van der Waals surface area contributed by atoms with Gasteiger partial charge in [-0.3, -0.25) is 4.98 Å². The third kappa shape index (κ3) is 2.90. The molecule has 0 aliphatic rings. The van der Waals surface area contributed by atoms with Gasteiger partial charge in [-0.2, -0.15) is 0 Å². The van der Waals surface area contributed by atoms with Crippen molar-refractivity contribution >= 4 is 33.9 Å². The number of nitrogens with one attached hydrogen (secondary N) is 1. The van der Waals surface area contributed by atoms with E-state index in [-0.39, 0.29) is 0 Å². The van der Waals surface area contributed by atoms with E-state index in [2.05, 4.69) is 10.3 Å². The summed E-state index contributed by atoms with van der Waals surface area (Å²) in [6.07, 6.45) is 1.76. The summed E-state index contributed by atoms with van der Waals surface area (Å²) in [5, 5.41) is 5.11. The molecule has 0 atom stereocenters. The van der Waals surface area contributed by atoms with E-state index in [1.54, 1.807) is 20.4 Å². The number of halogens is 1. The first-order chi connectivity index (χ1) is 11.1. The molecule has 0 aliphatic heterocycles. The van der Waals surface area contributed by atoms with Gasteiger partial charge in [-0.15, -0.1) is 0 Å². The zero-order valence-corrected chi connectivity index (χ0v) is 13.9. The molecule has 0 bridgehead atoms. The Morgan fingerprint density at radius 2 is 1.83 bits per heavy atom. The Labute approximate surface area is 140 Å². The van der Waals surface area contributed by atoms with Crippen molar-refractivity contribution in [2.45, 2.75) is 6.92 Å². The highest BCUT2D eigenvalue weighted by Crippen LogP contribution is 2.35. The van der Waals surface area contributed by atoms with Crippen LogP contribution in [-0.4, -0.2) is 19.2 Å². The number of hydrogen-bond donors (Lipinski definition) is 1. The Morgan fingerprint density at radius 1 is 1.00 bits per heavy atom. The van der Waals surface area contributed by atoms with Crippen molar-refractivity contribution < 1.29 is 9.47 Å². The second kappa shape index (κ2) is 6.34. The lowest BCUT2D eigenvalue weighted by molar-refractivity contribution is 0.405. The Hall–Kier alpha value is -2.46. The minimum absolute atomic E-state index is 0.709. The van der Waals surface area contributed by atoms with Gasteiger partial charge in [0.05, 0.1) is 25.4 Å². The van der Waals surface area contributed by atoms with E-state index in [1.807, 2.05) is 43.3 Å². The second-order valence-corrected chi connectivity index (χ2v) is 5.53. The highest BCUT2D eigenvalue weighted by atomic mass is 35.5. The maximum atomic E-state index is 6.19. The lowest BCUT2D eigenvalue weighted by Crippen LogP contribution is -1.97. The van der Waals surface area contributed by atoms with Gasteiger partial charge in [-0.1, -0.05) is 11.6 Å². The lowest BCUT2D eigenvalue weighted by atomic mass is 10.1. The Balaban J connectivity index is 2.10. The van der Waals surface area contributed by atoms with Crippen LogP contribution < -0.4 is 14.8 Å². The molecule has 1 aromatic heterocycles. The van der Waals surface area contributed by atoms with Crippen LogP contribution in [-0.2, 0) is 0 Å². The summed E-state index contributed by atoms with van der Waals surface area (Å²) in [5.74, 6) is 1.49. The van der Waals surface area contributed by atoms with Crippen molar-refractivity contribution in [2.24, 2.45) is 0 Å². The average molecular weight is 329 g/mol. The third-order valence-electron chi connectivity index (χ3n) is 3.78. The third-order valence-corrected chi connectivity index (χ3v) is 4.19. The number of aromatic nitrogens is 1. The molecule has 4 nitrogen and oxygen atoms in total. The Kier molecular flexibility index (Phi) is 4.26. The number of ether oxygens (including phenoxy) is 2. The maximum absolute atomic E-state index is 6.19. The van der Waals surface area contributed by atoms with Crippen LogP contribution >= 0.6 is 11.6 Å². The molecule has 0 fully saturated rings. The smallest absolute Gasteiger partial charge is 0.142 e. The van der Waals surface area contributed by atoms with Crippen molar-refractivity contribution in [3.8, 4) is 11.5 Å². The predicted molar refractivity (Wildman–Crippen MR) is 94.3 cm³/mol. The van der Waals surface area contributed by atoms with Crippen LogP contribution in [0.5, 0.6) is 11.5 Å². The summed E-state index contributed by atoms with van der Waals surface area (Å²) in [5.41, 5.74) is 3.60. The molecule has 0 aliphatic carbocycles. The van der Waals surface area contributed by atoms with Crippen molar-refractivity contribution in [3.63, 3.8) is 0 Å². The molecule has 3 rings (SSSR count). The minimum Gasteiger partial charge on any atom is -0.497 e. The summed E-state index contributed by atoms with van der Waals surface area (Å²) < 4.78 is 10.7. The molecular weight excluding hydrogens is 312 g/mol. The normalized spacial score (nSPS) is 10.6.